The van der Waals surface area contributed by atoms with Gasteiger partial charge in [0.25, 0.3) is 5.92 Å². The van der Waals surface area contributed by atoms with Gasteiger partial charge in [-0.15, -0.1) is 11.3 Å². The molecule has 3 aliphatic rings. The van der Waals surface area contributed by atoms with Crippen molar-refractivity contribution >= 4 is 29.1 Å². The number of hydrogen-bond donors (Lipinski definition) is 3. The number of carboxylic acid groups (broad SMARTS) is 1. The standard InChI is InChI=1S/C27H29F4N5O5S/c1-3-41-24(37)18-16(11-36-13-27(30,31)21-17(36)7-9-35(21)12-26(2,40)25(38)39)33-22(23-32-8-10-42-23)34-20(18)14-5-4-6-15(28)19(14)29/h4-6,8,10,17,20-21,40H,3,7,9,11-13H2,1-2H3,(H,33,34)(H,38,39)/t17-,20-,21+,26-/m0/s1. The Morgan fingerprint density at radius 1 is 1.29 bits per heavy atom. The van der Waals surface area contributed by atoms with Crippen LogP contribution in [0.1, 0.15) is 36.9 Å². The lowest BCUT2D eigenvalue weighted by Gasteiger charge is -2.32. The Labute approximate surface area is 242 Å². The van der Waals surface area contributed by atoms with E-state index in [4.69, 9.17) is 4.74 Å². The number of benzene rings is 1. The molecule has 1 aromatic heterocycles. The number of halogens is 4. The Morgan fingerprint density at radius 3 is 2.71 bits per heavy atom. The number of carbonyl (C=O) groups excluding carboxylic acids is 1. The van der Waals surface area contributed by atoms with Crippen molar-refractivity contribution in [1.29, 1.82) is 0 Å². The van der Waals surface area contributed by atoms with E-state index in [2.05, 4.69) is 15.3 Å². The van der Waals surface area contributed by atoms with E-state index in [1.807, 2.05) is 0 Å². The smallest absolute Gasteiger partial charge is 0.338 e. The van der Waals surface area contributed by atoms with Crippen molar-refractivity contribution < 1.29 is 42.1 Å². The number of aromatic nitrogens is 1. The van der Waals surface area contributed by atoms with Crippen LogP contribution >= 0.6 is 11.3 Å². The fourth-order valence-electron chi connectivity index (χ4n) is 5.84. The zero-order valence-corrected chi connectivity index (χ0v) is 23.5. The minimum Gasteiger partial charge on any atom is -0.479 e. The van der Waals surface area contributed by atoms with Crippen molar-refractivity contribution in [2.45, 2.75) is 49.9 Å². The van der Waals surface area contributed by atoms with Crippen molar-refractivity contribution in [3.05, 3.63) is 63.3 Å². The number of hydrogen-bond acceptors (Lipinski definition) is 10. The van der Waals surface area contributed by atoms with E-state index in [1.54, 1.807) is 12.3 Å². The summed E-state index contributed by atoms with van der Waals surface area (Å²) in [6.45, 7) is 1.25. The molecular formula is C27H29F4N5O5S. The molecule has 2 aromatic rings. The van der Waals surface area contributed by atoms with Crippen LogP contribution in [-0.2, 0) is 14.3 Å². The van der Waals surface area contributed by atoms with Gasteiger partial charge in [0.2, 0.25) is 0 Å². The lowest BCUT2D eigenvalue weighted by atomic mass is 9.94. The first-order chi connectivity index (χ1) is 19.8. The summed E-state index contributed by atoms with van der Waals surface area (Å²) in [6.07, 6.45) is 1.75. The highest BCUT2D eigenvalue weighted by molar-refractivity contribution is 7.11. The van der Waals surface area contributed by atoms with Crippen LogP contribution in [0.4, 0.5) is 17.6 Å². The lowest BCUT2D eigenvalue weighted by Crippen LogP contribution is -2.53. The maximum absolute atomic E-state index is 15.5. The monoisotopic (exact) mass is 611 g/mol. The number of nitrogens with one attached hydrogen (secondary N) is 1. The molecule has 0 bridgehead atoms. The van der Waals surface area contributed by atoms with Crippen molar-refractivity contribution in [3.8, 4) is 0 Å². The highest BCUT2D eigenvalue weighted by atomic mass is 32.1. The van der Waals surface area contributed by atoms with Gasteiger partial charge in [0.05, 0.1) is 24.8 Å². The molecule has 0 aliphatic carbocycles. The van der Waals surface area contributed by atoms with Gasteiger partial charge in [-0.25, -0.2) is 32.1 Å². The molecule has 0 amide bonds. The average Bonchev–Trinajstić information content (AvgIpc) is 3.65. The van der Waals surface area contributed by atoms with Gasteiger partial charge in [0.1, 0.15) is 6.04 Å². The third kappa shape index (κ3) is 5.53. The van der Waals surface area contributed by atoms with Gasteiger partial charge in [0, 0.05) is 48.5 Å². The molecule has 3 aliphatic heterocycles. The largest absolute Gasteiger partial charge is 0.479 e. The number of β-amino-alcohol motifs (C(OH)–C–C–N with tert-alkyl or cyclic N) is 1. The van der Waals surface area contributed by atoms with Crippen LogP contribution in [0.3, 0.4) is 0 Å². The van der Waals surface area contributed by atoms with Gasteiger partial charge in [0.15, 0.2) is 28.1 Å². The number of aliphatic imine (C=N–C) groups is 1. The first kappa shape index (κ1) is 30.1. The minimum absolute atomic E-state index is 0.0397. The number of amidine groups is 1. The van der Waals surface area contributed by atoms with E-state index in [9.17, 15) is 24.2 Å². The van der Waals surface area contributed by atoms with Crippen LogP contribution in [0.2, 0.25) is 0 Å². The Morgan fingerprint density at radius 2 is 2.05 bits per heavy atom. The second kappa shape index (κ2) is 11.4. The fraction of sp³-hybridized carbons (Fsp3) is 0.481. The molecule has 226 valence electrons. The second-order valence-electron chi connectivity index (χ2n) is 10.6. The van der Waals surface area contributed by atoms with Gasteiger partial charge in [-0.2, -0.15) is 0 Å². The molecule has 0 unspecified atom stereocenters. The number of esters is 1. The molecule has 0 saturated carbocycles. The third-order valence-corrected chi connectivity index (χ3v) is 8.43. The Balaban J connectivity index is 1.55. The molecule has 1 aromatic carbocycles. The quantitative estimate of drug-likeness (QED) is 0.290. The molecular weight excluding hydrogens is 582 g/mol. The van der Waals surface area contributed by atoms with E-state index in [-0.39, 0.29) is 48.8 Å². The summed E-state index contributed by atoms with van der Waals surface area (Å²) in [5, 5.41) is 24.7. The molecule has 4 atom stereocenters. The van der Waals surface area contributed by atoms with Gasteiger partial charge >= 0.3 is 11.9 Å². The van der Waals surface area contributed by atoms with Crippen molar-refractivity contribution in [1.82, 2.24) is 20.1 Å². The molecule has 4 heterocycles. The summed E-state index contributed by atoms with van der Waals surface area (Å²) in [5.41, 5.74) is -2.50. The van der Waals surface area contributed by atoms with Crippen LogP contribution in [0, 0.1) is 11.6 Å². The number of aliphatic hydroxyl groups is 1. The summed E-state index contributed by atoms with van der Waals surface area (Å²) < 4.78 is 65.6. The van der Waals surface area contributed by atoms with E-state index in [1.165, 1.54) is 39.5 Å². The highest BCUT2D eigenvalue weighted by Gasteiger charge is 2.60. The summed E-state index contributed by atoms with van der Waals surface area (Å²) >= 11 is 1.20. The molecule has 10 nitrogen and oxygen atoms in total. The van der Waals surface area contributed by atoms with Gasteiger partial charge in [-0.3, -0.25) is 14.8 Å². The number of fused-ring (bicyclic) bond motifs is 1. The lowest BCUT2D eigenvalue weighted by molar-refractivity contribution is -0.160. The van der Waals surface area contributed by atoms with Gasteiger partial charge < -0.3 is 20.3 Å². The number of nitrogens with zero attached hydrogens (tertiary/aromatic N) is 4. The molecule has 3 N–H and O–H groups in total. The third-order valence-electron chi connectivity index (χ3n) is 7.65. The normalized spacial score (nSPS) is 25.5. The number of ether oxygens (including phenoxy) is 1. The van der Waals surface area contributed by atoms with Crippen molar-refractivity contribution in [2.75, 3.05) is 32.8 Å². The van der Waals surface area contributed by atoms with E-state index < -0.39 is 66.3 Å². The van der Waals surface area contributed by atoms with Crippen molar-refractivity contribution in [2.24, 2.45) is 4.99 Å². The molecule has 0 spiro atoms. The maximum atomic E-state index is 15.5. The highest BCUT2D eigenvalue weighted by Crippen LogP contribution is 2.43. The van der Waals surface area contributed by atoms with Crippen LogP contribution in [0.25, 0.3) is 0 Å². The number of rotatable bonds is 9. The van der Waals surface area contributed by atoms with Crippen LogP contribution < -0.4 is 5.32 Å². The predicted octanol–water partition coefficient (Wildman–Crippen LogP) is 2.56. The summed E-state index contributed by atoms with van der Waals surface area (Å²) in [4.78, 5) is 36.2. The van der Waals surface area contributed by atoms with Crippen LogP contribution in [0.15, 0.2) is 46.0 Å². The zero-order chi connectivity index (χ0) is 30.4. The van der Waals surface area contributed by atoms with Gasteiger partial charge in [-0.05, 0) is 26.3 Å². The Kier molecular flexibility index (Phi) is 8.13. The molecule has 42 heavy (non-hydrogen) atoms. The second-order valence-corrected chi connectivity index (χ2v) is 11.5. The van der Waals surface area contributed by atoms with E-state index >= 15 is 13.2 Å². The van der Waals surface area contributed by atoms with E-state index in [0.29, 0.717) is 5.01 Å². The summed E-state index contributed by atoms with van der Waals surface area (Å²) in [5.74, 6) is -7.89. The number of likely N-dealkylation sites (tertiary alicyclic amines) is 2. The molecule has 0 radical (unpaired) electrons. The predicted molar refractivity (Wildman–Crippen MR) is 143 cm³/mol. The average molecular weight is 612 g/mol. The Hall–Kier alpha value is -3.40. The van der Waals surface area contributed by atoms with E-state index in [0.717, 1.165) is 13.0 Å². The number of carbonyl (C=O) groups is 2. The maximum Gasteiger partial charge on any atom is 0.338 e. The molecule has 2 saturated heterocycles. The number of carboxylic acids is 1. The molecule has 5 rings (SSSR count). The summed E-state index contributed by atoms with van der Waals surface area (Å²) in [6, 6.07) is -0.00504. The Bertz CT molecular complexity index is 1430. The van der Waals surface area contributed by atoms with Crippen LogP contribution in [0.5, 0.6) is 0 Å². The fourth-order valence-corrected chi connectivity index (χ4v) is 6.43. The van der Waals surface area contributed by atoms with Crippen LogP contribution in [-0.4, -0.2) is 99.2 Å². The first-order valence-corrected chi connectivity index (χ1v) is 14.1. The molecule has 15 heteroatoms. The zero-order valence-electron chi connectivity index (χ0n) is 22.7. The van der Waals surface area contributed by atoms with Gasteiger partial charge in [-0.1, -0.05) is 12.1 Å². The molecule has 2 fully saturated rings. The summed E-state index contributed by atoms with van der Waals surface area (Å²) in [7, 11) is 0. The number of alkyl halides is 2. The topological polar surface area (TPSA) is 128 Å². The first-order valence-electron chi connectivity index (χ1n) is 13.2. The SMILES string of the molecule is CCOC(=O)C1=C(CN2CC(F)(F)[C@H]3[C@@H]2CCN3C[C@](C)(O)C(=O)O)NC(c2nccs2)=N[C@H]1c1cccc(F)c1F. The number of aliphatic carboxylic acids is 1. The minimum atomic E-state index is -3.28. The van der Waals surface area contributed by atoms with Crippen molar-refractivity contribution in [3.63, 3.8) is 0 Å². The number of thiazole rings is 1.